The summed E-state index contributed by atoms with van der Waals surface area (Å²) in [7, 11) is 0. The van der Waals surface area contributed by atoms with Crippen LogP contribution in [0, 0.1) is 6.92 Å². The highest BCUT2D eigenvalue weighted by Gasteiger charge is 2.12. The lowest BCUT2D eigenvalue weighted by molar-refractivity contribution is 0.0929. The normalized spacial score (nSPS) is 12.7. The molecule has 126 valence electrons. The number of aliphatic hydroxyl groups excluding tert-OH is 1. The third kappa shape index (κ3) is 3.60. The highest BCUT2D eigenvalue weighted by molar-refractivity contribution is 5.75. The number of hydrogen-bond donors (Lipinski definition) is 1. The Balaban J connectivity index is 1.63. The molecule has 0 aliphatic heterocycles. The van der Waals surface area contributed by atoms with Crippen LogP contribution in [0.4, 0.5) is 0 Å². The third-order valence-corrected chi connectivity index (χ3v) is 4.23. The molecule has 0 aliphatic carbocycles. The number of aryl methyl sites for hydroxylation is 1. The molecule has 1 atom stereocenters. The van der Waals surface area contributed by atoms with E-state index in [1.807, 2.05) is 47.9 Å². The zero-order valence-electron chi connectivity index (χ0n) is 14.4. The van der Waals surface area contributed by atoms with Crippen molar-refractivity contribution in [3.63, 3.8) is 0 Å². The van der Waals surface area contributed by atoms with Crippen LogP contribution in [0.3, 0.4) is 0 Å². The molecule has 0 radical (unpaired) electrons. The Morgan fingerprint density at radius 1 is 1.08 bits per heavy atom. The molecule has 0 saturated heterocycles. The largest absolute Gasteiger partial charge is 0.491 e. The minimum Gasteiger partial charge on any atom is -0.491 e. The molecule has 3 aromatic rings. The number of aliphatic hydroxyl groups is 1. The zero-order chi connectivity index (χ0) is 17.1. The number of rotatable bonds is 6. The minimum absolute atomic E-state index is 0.257. The van der Waals surface area contributed by atoms with Gasteiger partial charge in [-0.15, -0.1) is 0 Å². The van der Waals surface area contributed by atoms with Crippen LogP contribution in [-0.4, -0.2) is 27.4 Å². The van der Waals surface area contributed by atoms with Gasteiger partial charge in [0.15, 0.2) is 0 Å². The fourth-order valence-electron chi connectivity index (χ4n) is 2.83. The predicted molar refractivity (Wildman–Crippen MR) is 96.5 cm³/mol. The minimum atomic E-state index is -0.592. The lowest BCUT2D eigenvalue weighted by Gasteiger charge is -2.15. The molecule has 0 fully saturated rings. The molecule has 3 rings (SSSR count). The van der Waals surface area contributed by atoms with Crippen molar-refractivity contribution in [3.8, 4) is 5.75 Å². The average Bonchev–Trinajstić information content (AvgIpc) is 2.89. The van der Waals surface area contributed by atoms with E-state index in [2.05, 4.69) is 31.0 Å². The van der Waals surface area contributed by atoms with Gasteiger partial charge in [-0.3, -0.25) is 0 Å². The van der Waals surface area contributed by atoms with Gasteiger partial charge >= 0.3 is 0 Å². The molecule has 1 heterocycles. The topological polar surface area (TPSA) is 47.3 Å². The van der Waals surface area contributed by atoms with Gasteiger partial charge in [-0.25, -0.2) is 4.98 Å². The number of nitrogens with zero attached hydrogens (tertiary/aromatic N) is 2. The molecule has 1 N–H and O–H groups in total. The predicted octanol–water partition coefficient (Wildman–Crippen LogP) is 3.91. The molecule has 24 heavy (non-hydrogen) atoms. The number of fused-ring (bicyclic) bond motifs is 1. The molecule has 1 aromatic heterocycles. The summed E-state index contributed by atoms with van der Waals surface area (Å²) in [5.41, 5.74) is 3.27. The van der Waals surface area contributed by atoms with E-state index in [0.717, 1.165) is 22.6 Å². The summed E-state index contributed by atoms with van der Waals surface area (Å²) >= 11 is 0. The Morgan fingerprint density at radius 2 is 1.79 bits per heavy atom. The molecule has 0 spiro atoms. The van der Waals surface area contributed by atoms with Crippen LogP contribution in [0.1, 0.15) is 31.2 Å². The van der Waals surface area contributed by atoms with Gasteiger partial charge in [0, 0.05) is 0 Å². The molecule has 2 aromatic carbocycles. The van der Waals surface area contributed by atoms with E-state index in [1.54, 1.807) is 0 Å². The van der Waals surface area contributed by atoms with E-state index >= 15 is 0 Å². The number of para-hydroxylation sites is 2. The maximum atomic E-state index is 10.3. The second kappa shape index (κ2) is 7.05. The maximum Gasteiger partial charge on any atom is 0.119 e. The van der Waals surface area contributed by atoms with Crippen LogP contribution in [0.5, 0.6) is 5.75 Å². The van der Waals surface area contributed by atoms with Gasteiger partial charge < -0.3 is 14.4 Å². The standard InChI is InChI=1S/C20H24N2O2/c1-14(2)16-8-10-18(11-9-16)24-13-17(23)12-22-15(3)21-19-6-4-5-7-20(19)22/h4-11,14,17,23H,12-13H2,1-3H3/t17-/m1/s1. The van der Waals surface area contributed by atoms with Gasteiger partial charge in [0.2, 0.25) is 0 Å². The first-order chi connectivity index (χ1) is 11.5. The van der Waals surface area contributed by atoms with Crippen LogP contribution < -0.4 is 4.74 Å². The van der Waals surface area contributed by atoms with Crippen molar-refractivity contribution in [2.24, 2.45) is 0 Å². The fraction of sp³-hybridized carbons (Fsp3) is 0.350. The number of benzene rings is 2. The Bertz CT molecular complexity index is 806. The van der Waals surface area contributed by atoms with Crippen molar-refractivity contribution in [3.05, 3.63) is 59.9 Å². The quantitative estimate of drug-likeness (QED) is 0.748. The number of ether oxygens (including phenoxy) is 1. The highest BCUT2D eigenvalue weighted by atomic mass is 16.5. The molecular formula is C20H24N2O2. The molecule has 0 unspecified atom stereocenters. The Hall–Kier alpha value is -2.33. The Labute approximate surface area is 142 Å². The van der Waals surface area contributed by atoms with Crippen molar-refractivity contribution < 1.29 is 9.84 Å². The van der Waals surface area contributed by atoms with Crippen LogP contribution >= 0.6 is 0 Å². The van der Waals surface area contributed by atoms with Gasteiger partial charge in [0.05, 0.1) is 17.6 Å². The molecule has 0 saturated carbocycles. The van der Waals surface area contributed by atoms with E-state index in [-0.39, 0.29) is 6.61 Å². The lowest BCUT2D eigenvalue weighted by Crippen LogP contribution is -2.24. The Morgan fingerprint density at radius 3 is 2.50 bits per heavy atom. The van der Waals surface area contributed by atoms with Crippen LogP contribution in [0.2, 0.25) is 0 Å². The summed E-state index contributed by atoms with van der Waals surface area (Å²) in [6.07, 6.45) is -0.592. The molecule has 4 nitrogen and oxygen atoms in total. The first kappa shape index (κ1) is 16.5. The van der Waals surface area contributed by atoms with Crippen LogP contribution in [0.15, 0.2) is 48.5 Å². The third-order valence-electron chi connectivity index (χ3n) is 4.23. The molecule has 0 bridgehead atoms. The van der Waals surface area contributed by atoms with Gasteiger partial charge in [-0.2, -0.15) is 0 Å². The average molecular weight is 324 g/mol. The van der Waals surface area contributed by atoms with E-state index in [0.29, 0.717) is 12.5 Å². The molecule has 0 amide bonds. The highest BCUT2D eigenvalue weighted by Crippen LogP contribution is 2.19. The Kier molecular flexibility index (Phi) is 4.86. The van der Waals surface area contributed by atoms with Gasteiger partial charge in [-0.05, 0) is 42.7 Å². The summed E-state index contributed by atoms with van der Waals surface area (Å²) in [5.74, 6) is 2.18. The monoisotopic (exact) mass is 324 g/mol. The van der Waals surface area contributed by atoms with Crippen LogP contribution in [-0.2, 0) is 6.54 Å². The lowest BCUT2D eigenvalue weighted by atomic mass is 10.0. The summed E-state index contributed by atoms with van der Waals surface area (Å²) < 4.78 is 7.75. The van der Waals surface area contributed by atoms with Gasteiger partial charge in [0.25, 0.3) is 0 Å². The van der Waals surface area contributed by atoms with Crippen molar-refractivity contribution in [2.75, 3.05) is 6.61 Å². The van der Waals surface area contributed by atoms with Crippen molar-refractivity contribution >= 4 is 11.0 Å². The second-order valence-electron chi connectivity index (χ2n) is 6.45. The first-order valence-corrected chi connectivity index (χ1v) is 8.37. The summed E-state index contributed by atoms with van der Waals surface area (Å²) in [6.45, 7) is 7.01. The maximum absolute atomic E-state index is 10.3. The van der Waals surface area contributed by atoms with E-state index < -0.39 is 6.10 Å². The van der Waals surface area contributed by atoms with Crippen LogP contribution in [0.25, 0.3) is 11.0 Å². The zero-order valence-corrected chi connectivity index (χ0v) is 14.4. The first-order valence-electron chi connectivity index (χ1n) is 8.37. The molecular weight excluding hydrogens is 300 g/mol. The van der Waals surface area contributed by atoms with E-state index in [9.17, 15) is 5.11 Å². The smallest absolute Gasteiger partial charge is 0.119 e. The van der Waals surface area contributed by atoms with E-state index in [1.165, 1.54) is 5.56 Å². The molecule has 4 heteroatoms. The van der Waals surface area contributed by atoms with E-state index in [4.69, 9.17) is 4.74 Å². The van der Waals surface area contributed by atoms with Gasteiger partial charge in [0.1, 0.15) is 24.3 Å². The summed E-state index contributed by atoms with van der Waals surface area (Å²) in [4.78, 5) is 4.52. The SMILES string of the molecule is Cc1nc2ccccc2n1C[C@@H](O)COc1ccc(C(C)C)cc1. The number of aromatic nitrogens is 2. The second-order valence-corrected chi connectivity index (χ2v) is 6.45. The fourth-order valence-corrected chi connectivity index (χ4v) is 2.83. The van der Waals surface area contributed by atoms with Crippen molar-refractivity contribution in [1.29, 1.82) is 0 Å². The number of hydrogen-bond acceptors (Lipinski definition) is 3. The van der Waals surface area contributed by atoms with Crippen molar-refractivity contribution in [1.82, 2.24) is 9.55 Å². The summed E-state index contributed by atoms with van der Waals surface area (Å²) in [6, 6.07) is 16.0. The van der Waals surface area contributed by atoms with Crippen molar-refractivity contribution in [2.45, 2.75) is 39.3 Å². The number of imidazole rings is 1. The molecule has 0 aliphatic rings. The van der Waals surface area contributed by atoms with Gasteiger partial charge in [-0.1, -0.05) is 38.1 Å². The summed E-state index contributed by atoms with van der Waals surface area (Å²) in [5, 5.41) is 10.3.